The van der Waals surface area contributed by atoms with Crippen molar-refractivity contribution in [3.05, 3.63) is 35.9 Å². The molecular formula is C12H13BrO3. The van der Waals surface area contributed by atoms with E-state index in [4.69, 9.17) is 9.47 Å². The van der Waals surface area contributed by atoms with Crippen molar-refractivity contribution in [2.75, 3.05) is 13.2 Å². The highest BCUT2D eigenvalue weighted by Crippen LogP contribution is 2.18. The molecule has 16 heavy (non-hydrogen) atoms. The Labute approximate surface area is 103 Å². The molecule has 3 nitrogen and oxygen atoms in total. The topological polar surface area (TPSA) is 35.5 Å². The minimum Gasteiger partial charge on any atom is -0.458 e. The minimum absolute atomic E-state index is 0.118. The Bertz CT molecular complexity index is 353. The fraction of sp³-hybridized carbons (Fsp3) is 0.417. The van der Waals surface area contributed by atoms with Crippen molar-refractivity contribution in [1.82, 2.24) is 0 Å². The average Bonchev–Trinajstić information content (AvgIpc) is 2.66. The largest absolute Gasteiger partial charge is 0.458 e. The summed E-state index contributed by atoms with van der Waals surface area (Å²) in [6.07, 6.45) is 0.160. The first kappa shape index (κ1) is 11.6. The number of alkyl halides is 1. The predicted molar refractivity (Wildman–Crippen MR) is 63.6 cm³/mol. The molecule has 1 aliphatic rings. The molecule has 0 N–H and O–H groups in total. The Kier molecular flexibility index (Phi) is 3.96. The summed E-state index contributed by atoms with van der Waals surface area (Å²) in [6, 6.07) is 9.58. The maximum Gasteiger partial charge on any atom is 0.310 e. The molecule has 1 saturated heterocycles. The van der Waals surface area contributed by atoms with Gasteiger partial charge in [-0.05, 0) is 5.56 Å². The van der Waals surface area contributed by atoms with Crippen LogP contribution in [0.4, 0.5) is 0 Å². The summed E-state index contributed by atoms with van der Waals surface area (Å²) in [5, 5.41) is 0. The molecule has 1 aliphatic heterocycles. The molecule has 0 spiro atoms. The normalized spacial score (nSPS) is 24.3. The van der Waals surface area contributed by atoms with Gasteiger partial charge in [0.05, 0.1) is 24.5 Å². The highest BCUT2D eigenvalue weighted by atomic mass is 79.9. The summed E-state index contributed by atoms with van der Waals surface area (Å²) in [7, 11) is 0. The summed E-state index contributed by atoms with van der Waals surface area (Å²) in [5.41, 5.74) is 0.970. The zero-order valence-corrected chi connectivity index (χ0v) is 10.4. The van der Waals surface area contributed by atoms with Gasteiger partial charge in [0, 0.05) is 0 Å². The van der Waals surface area contributed by atoms with Crippen molar-refractivity contribution in [2.24, 2.45) is 0 Å². The van der Waals surface area contributed by atoms with Crippen LogP contribution in [0.5, 0.6) is 0 Å². The number of hydrogen-bond acceptors (Lipinski definition) is 3. The first-order valence-corrected chi connectivity index (χ1v) is 6.12. The van der Waals surface area contributed by atoms with Gasteiger partial charge in [0.25, 0.3) is 0 Å². The van der Waals surface area contributed by atoms with Gasteiger partial charge in [-0.3, -0.25) is 4.79 Å². The lowest BCUT2D eigenvalue weighted by molar-refractivity contribution is -0.147. The van der Waals surface area contributed by atoms with Crippen LogP contribution in [0.1, 0.15) is 5.56 Å². The molecule has 0 bridgehead atoms. The highest BCUT2D eigenvalue weighted by Gasteiger charge is 2.29. The molecule has 0 aromatic heterocycles. The maximum atomic E-state index is 11.6. The van der Waals surface area contributed by atoms with E-state index in [-0.39, 0.29) is 16.9 Å². The van der Waals surface area contributed by atoms with E-state index in [9.17, 15) is 4.79 Å². The monoisotopic (exact) mass is 284 g/mol. The number of halogens is 1. The lowest BCUT2D eigenvalue weighted by Crippen LogP contribution is -2.26. The lowest BCUT2D eigenvalue weighted by Gasteiger charge is -2.13. The summed E-state index contributed by atoms with van der Waals surface area (Å²) < 4.78 is 10.5. The zero-order valence-electron chi connectivity index (χ0n) is 8.77. The Morgan fingerprint density at radius 2 is 2.12 bits per heavy atom. The van der Waals surface area contributed by atoms with Crippen molar-refractivity contribution in [2.45, 2.75) is 17.4 Å². The van der Waals surface area contributed by atoms with Crippen LogP contribution >= 0.6 is 15.9 Å². The number of hydrogen-bond donors (Lipinski definition) is 0. The van der Waals surface area contributed by atoms with E-state index >= 15 is 0 Å². The van der Waals surface area contributed by atoms with E-state index in [0.717, 1.165) is 5.56 Å². The van der Waals surface area contributed by atoms with Gasteiger partial charge in [-0.15, -0.1) is 0 Å². The molecule has 1 aromatic rings. The molecule has 86 valence electrons. The van der Waals surface area contributed by atoms with Gasteiger partial charge in [0.15, 0.2) is 0 Å². The smallest absolute Gasteiger partial charge is 0.310 e. The molecule has 0 unspecified atom stereocenters. The summed E-state index contributed by atoms with van der Waals surface area (Å²) in [4.78, 5) is 11.7. The number of ether oxygens (including phenoxy) is 2. The number of benzene rings is 1. The van der Waals surface area contributed by atoms with Crippen LogP contribution in [0.2, 0.25) is 0 Å². The average molecular weight is 285 g/mol. The summed E-state index contributed by atoms with van der Waals surface area (Å²) in [6.45, 7) is 1.08. The third kappa shape index (κ3) is 3.06. The van der Waals surface area contributed by atoms with Gasteiger partial charge < -0.3 is 9.47 Å². The fourth-order valence-electron chi connectivity index (χ4n) is 1.59. The SMILES string of the molecule is O=C(Cc1ccccc1)O[C@@H]1COC[C@H]1Br. The van der Waals surface area contributed by atoms with Crippen molar-refractivity contribution in [3.63, 3.8) is 0 Å². The van der Waals surface area contributed by atoms with E-state index in [0.29, 0.717) is 19.6 Å². The van der Waals surface area contributed by atoms with Crippen LogP contribution < -0.4 is 0 Å². The van der Waals surface area contributed by atoms with Gasteiger partial charge in [0.1, 0.15) is 6.10 Å². The van der Waals surface area contributed by atoms with Crippen molar-refractivity contribution in [3.8, 4) is 0 Å². The van der Waals surface area contributed by atoms with Gasteiger partial charge >= 0.3 is 5.97 Å². The van der Waals surface area contributed by atoms with E-state index in [1.54, 1.807) is 0 Å². The van der Waals surface area contributed by atoms with Crippen molar-refractivity contribution >= 4 is 21.9 Å². The molecule has 1 fully saturated rings. The number of carbonyl (C=O) groups is 1. The van der Waals surface area contributed by atoms with Gasteiger partial charge in [-0.1, -0.05) is 46.3 Å². The van der Waals surface area contributed by atoms with Gasteiger partial charge in [0.2, 0.25) is 0 Å². The highest BCUT2D eigenvalue weighted by molar-refractivity contribution is 9.09. The molecule has 0 aliphatic carbocycles. The van der Waals surface area contributed by atoms with Crippen LogP contribution in [-0.2, 0) is 20.7 Å². The molecule has 1 aromatic carbocycles. The van der Waals surface area contributed by atoms with Crippen molar-refractivity contribution in [1.29, 1.82) is 0 Å². The standard InChI is InChI=1S/C12H13BrO3/c13-10-7-15-8-11(10)16-12(14)6-9-4-2-1-3-5-9/h1-5,10-11H,6-8H2/t10-,11-/m1/s1. The zero-order chi connectivity index (χ0) is 11.4. The molecule has 0 saturated carbocycles. The second-order valence-electron chi connectivity index (χ2n) is 3.74. The second-order valence-corrected chi connectivity index (χ2v) is 4.92. The van der Waals surface area contributed by atoms with Crippen LogP contribution in [-0.4, -0.2) is 30.1 Å². The molecular weight excluding hydrogens is 272 g/mol. The quantitative estimate of drug-likeness (QED) is 0.629. The molecule has 1 heterocycles. The first-order chi connectivity index (χ1) is 7.75. The van der Waals surface area contributed by atoms with Crippen LogP contribution in [0.25, 0.3) is 0 Å². The van der Waals surface area contributed by atoms with Crippen molar-refractivity contribution < 1.29 is 14.3 Å². The number of esters is 1. The summed E-state index contributed by atoms with van der Waals surface area (Å²) >= 11 is 3.42. The summed E-state index contributed by atoms with van der Waals surface area (Å²) in [5.74, 6) is -0.203. The van der Waals surface area contributed by atoms with Gasteiger partial charge in [-0.2, -0.15) is 0 Å². The molecule has 2 rings (SSSR count). The fourth-order valence-corrected chi connectivity index (χ4v) is 2.04. The Balaban J connectivity index is 1.85. The van der Waals surface area contributed by atoms with E-state index < -0.39 is 0 Å². The Morgan fingerprint density at radius 3 is 2.75 bits per heavy atom. The molecule has 4 heteroatoms. The van der Waals surface area contributed by atoms with Crippen LogP contribution in [0, 0.1) is 0 Å². The predicted octanol–water partition coefficient (Wildman–Crippen LogP) is 1.93. The second kappa shape index (κ2) is 5.46. The number of carbonyl (C=O) groups excluding carboxylic acids is 1. The molecule has 2 atom stereocenters. The molecule has 0 radical (unpaired) electrons. The third-order valence-corrected chi connectivity index (χ3v) is 3.29. The third-order valence-electron chi connectivity index (χ3n) is 2.44. The maximum absolute atomic E-state index is 11.6. The first-order valence-electron chi connectivity index (χ1n) is 5.21. The molecule has 0 amide bonds. The Hall–Kier alpha value is -0.870. The van der Waals surface area contributed by atoms with E-state index in [1.807, 2.05) is 30.3 Å². The lowest BCUT2D eigenvalue weighted by atomic mass is 10.1. The van der Waals surface area contributed by atoms with Crippen LogP contribution in [0.3, 0.4) is 0 Å². The number of rotatable bonds is 3. The van der Waals surface area contributed by atoms with Gasteiger partial charge in [-0.25, -0.2) is 0 Å². The van der Waals surface area contributed by atoms with Crippen LogP contribution in [0.15, 0.2) is 30.3 Å². The van der Waals surface area contributed by atoms with E-state index in [1.165, 1.54) is 0 Å². The Morgan fingerprint density at radius 1 is 1.38 bits per heavy atom. The van der Waals surface area contributed by atoms with E-state index in [2.05, 4.69) is 15.9 Å². The minimum atomic E-state index is -0.203.